The molecule has 0 amide bonds. The first-order chi connectivity index (χ1) is 15.8. The molecule has 11 heteroatoms. The summed E-state index contributed by atoms with van der Waals surface area (Å²) in [7, 11) is -2.67. The third-order valence-corrected chi connectivity index (χ3v) is 6.61. The van der Waals surface area contributed by atoms with Crippen molar-refractivity contribution in [3.05, 3.63) is 59.8 Å². The Kier molecular flexibility index (Phi) is 8.01. The van der Waals surface area contributed by atoms with Crippen LogP contribution in [0.1, 0.15) is 11.3 Å². The Labute approximate surface area is 190 Å². The van der Waals surface area contributed by atoms with Crippen molar-refractivity contribution in [3.63, 3.8) is 0 Å². The van der Waals surface area contributed by atoms with Crippen LogP contribution in [0.5, 0.6) is 5.75 Å². The molecule has 0 aliphatic heterocycles. The van der Waals surface area contributed by atoms with E-state index in [9.17, 15) is 17.2 Å². The Morgan fingerprint density at radius 3 is 2.36 bits per heavy atom. The number of alkyl halides is 2. The van der Waals surface area contributed by atoms with E-state index in [1.165, 1.54) is 37.4 Å². The van der Waals surface area contributed by atoms with Crippen molar-refractivity contribution >= 4 is 15.9 Å². The summed E-state index contributed by atoms with van der Waals surface area (Å²) in [5.41, 5.74) is 1.98. The fourth-order valence-electron chi connectivity index (χ4n) is 3.03. The fourth-order valence-corrected chi connectivity index (χ4v) is 4.58. The molecule has 0 saturated heterocycles. The summed E-state index contributed by atoms with van der Waals surface area (Å²) in [6, 6.07) is 12.1. The number of hydrogen-bond donors (Lipinski definition) is 0. The molecule has 0 N–H and O–H groups in total. The zero-order chi connectivity index (χ0) is 24.0. The summed E-state index contributed by atoms with van der Waals surface area (Å²) in [4.78, 5) is -0.0173. The summed E-state index contributed by atoms with van der Waals surface area (Å²) >= 11 is 0. The minimum absolute atomic E-state index is 0.0173. The van der Waals surface area contributed by atoms with Gasteiger partial charge in [0.05, 0.1) is 23.8 Å². The average molecular weight is 483 g/mol. The molecule has 33 heavy (non-hydrogen) atoms. The van der Waals surface area contributed by atoms with Gasteiger partial charge in [-0.1, -0.05) is 35.5 Å². The van der Waals surface area contributed by atoms with Gasteiger partial charge in [0.2, 0.25) is 5.88 Å². The lowest BCUT2D eigenvalue weighted by atomic mass is 10.1. The highest BCUT2D eigenvalue weighted by atomic mass is 32.2. The van der Waals surface area contributed by atoms with Gasteiger partial charge in [0.15, 0.2) is 0 Å². The number of rotatable bonds is 11. The number of aryl methyl sites for hydroxylation is 1. The van der Waals surface area contributed by atoms with Crippen LogP contribution in [0.15, 0.2) is 57.9 Å². The minimum atomic E-state index is -4.18. The lowest BCUT2D eigenvalue weighted by molar-refractivity contribution is -0.0498. The maximum absolute atomic E-state index is 13.8. The number of sulfonamides is 1. The molecular formula is C22H24F2N2O6S. The van der Waals surface area contributed by atoms with Crippen LogP contribution in [-0.2, 0) is 19.5 Å². The topological polar surface area (TPSA) is 91.1 Å². The predicted molar refractivity (Wildman–Crippen MR) is 117 cm³/mol. The van der Waals surface area contributed by atoms with Gasteiger partial charge in [-0.05, 0) is 37.6 Å². The van der Waals surface area contributed by atoms with Crippen LogP contribution in [0, 0.1) is 13.8 Å². The summed E-state index contributed by atoms with van der Waals surface area (Å²) in [6.45, 7) is 0.580. The van der Waals surface area contributed by atoms with E-state index in [1.54, 1.807) is 32.0 Å². The van der Waals surface area contributed by atoms with Crippen molar-refractivity contribution in [1.29, 1.82) is 0 Å². The van der Waals surface area contributed by atoms with Crippen molar-refractivity contribution < 1.29 is 35.9 Å². The van der Waals surface area contributed by atoms with Crippen LogP contribution in [-0.4, -0.2) is 47.2 Å². The molecule has 0 spiro atoms. The molecule has 178 valence electrons. The van der Waals surface area contributed by atoms with Crippen molar-refractivity contribution in [2.75, 3.05) is 31.4 Å². The fraction of sp³-hybridized carbons (Fsp3) is 0.318. The number of halogens is 2. The van der Waals surface area contributed by atoms with Gasteiger partial charge in [-0.15, -0.1) is 0 Å². The maximum Gasteiger partial charge on any atom is 0.387 e. The zero-order valence-corrected chi connectivity index (χ0v) is 19.1. The smallest absolute Gasteiger partial charge is 0.387 e. The number of aromatic nitrogens is 1. The molecule has 1 aromatic heterocycles. The third-order valence-electron chi connectivity index (χ3n) is 4.84. The van der Waals surface area contributed by atoms with Crippen LogP contribution < -0.4 is 9.04 Å². The lowest BCUT2D eigenvalue weighted by Gasteiger charge is -2.23. The highest BCUT2D eigenvalue weighted by molar-refractivity contribution is 7.93. The van der Waals surface area contributed by atoms with Gasteiger partial charge in [-0.25, -0.2) is 12.7 Å². The van der Waals surface area contributed by atoms with E-state index >= 15 is 0 Å². The standard InChI is InChI=1S/C22H24F2N2O6S/c1-15-16(2)25-32-21(15)26(14-30-13-12-29-3)33(27,28)20-7-5-4-6-19(20)17-8-10-18(11-9-17)31-22(23)24/h4-11,22H,12-14H2,1-3H3. The Hall–Kier alpha value is -3.02. The first-order valence-electron chi connectivity index (χ1n) is 9.92. The number of anilines is 1. The second kappa shape index (κ2) is 10.7. The minimum Gasteiger partial charge on any atom is -0.435 e. The molecule has 0 bridgehead atoms. The molecule has 0 atom stereocenters. The van der Waals surface area contributed by atoms with Crippen LogP contribution in [0.2, 0.25) is 0 Å². The van der Waals surface area contributed by atoms with Crippen LogP contribution >= 0.6 is 0 Å². The summed E-state index contributed by atoms with van der Waals surface area (Å²) in [5.74, 6) is 0.00965. The van der Waals surface area contributed by atoms with E-state index in [0.29, 0.717) is 22.4 Å². The van der Waals surface area contributed by atoms with E-state index in [1.807, 2.05) is 0 Å². The molecule has 8 nitrogen and oxygen atoms in total. The van der Waals surface area contributed by atoms with Gasteiger partial charge >= 0.3 is 6.61 Å². The van der Waals surface area contributed by atoms with Crippen molar-refractivity contribution in [2.45, 2.75) is 25.4 Å². The average Bonchev–Trinajstić information content (AvgIpc) is 3.12. The van der Waals surface area contributed by atoms with E-state index in [0.717, 1.165) is 4.31 Å². The summed E-state index contributed by atoms with van der Waals surface area (Å²) in [5, 5.41) is 3.87. The first kappa shape index (κ1) is 24.6. The van der Waals surface area contributed by atoms with E-state index in [4.69, 9.17) is 14.0 Å². The molecule has 2 aromatic carbocycles. The number of benzene rings is 2. The van der Waals surface area contributed by atoms with Crippen LogP contribution in [0.3, 0.4) is 0 Å². The second-order valence-electron chi connectivity index (χ2n) is 6.98. The second-order valence-corrected chi connectivity index (χ2v) is 8.81. The number of hydrogen-bond acceptors (Lipinski definition) is 7. The third kappa shape index (κ3) is 5.67. The van der Waals surface area contributed by atoms with Gasteiger partial charge in [0, 0.05) is 18.2 Å². The highest BCUT2D eigenvalue weighted by Gasteiger charge is 2.32. The molecule has 3 aromatic rings. The largest absolute Gasteiger partial charge is 0.435 e. The van der Waals surface area contributed by atoms with Gasteiger partial charge < -0.3 is 18.7 Å². The quantitative estimate of drug-likeness (QED) is 0.296. The SMILES string of the molecule is COCCOCN(c1onc(C)c1C)S(=O)(=O)c1ccccc1-c1ccc(OC(F)F)cc1. The summed E-state index contributed by atoms with van der Waals surface area (Å²) in [6.07, 6.45) is 0. The number of ether oxygens (including phenoxy) is 3. The Morgan fingerprint density at radius 1 is 1.06 bits per heavy atom. The Balaban J connectivity index is 2.02. The monoisotopic (exact) mass is 482 g/mol. The van der Waals surface area contributed by atoms with Crippen LogP contribution in [0.4, 0.5) is 14.7 Å². The molecule has 0 unspecified atom stereocenters. The molecule has 0 saturated carbocycles. The van der Waals surface area contributed by atoms with E-state index in [2.05, 4.69) is 9.89 Å². The molecule has 0 fully saturated rings. The molecular weight excluding hydrogens is 458 g/mol. The van der Waals surface area contributed by atoms with Crippen molar-refractivity contribution in [2.24, 2.45) is 0 Å². The van der Waals surface area contributed by atoms with E-state index in [-0.39, 0.29) is 36.5 Å². The molecule has 0 aliphatic rings. The Morgan fingerprint density at radius 2 is 1.76 bits per heavy atom. The normalized spacial score (nSPS) is 11.7. The maximum atomic E-state index is 13.8. The number of methoxy groups -OCH3 is 1. The van der Waals surface area contributed by atoms with Crippen molar-refractivity contribution in [1.82, 2.24) is 5.16 Å². The molecule has 0 radical (unpaired) electrons. The molecule has 1 heterocycles. The van der Waals surface area contributed by atoms with E-state index < -0.39 is 16.6 Å². The van der Waals surface area contributed by atoms with Gasteiger partial charge in [-0.3, -0.25) is 0 Å². The van der Waals surface area contributed by atoms with Gasteiger partial charge in [0.25, 0.3) is 10.0 Å². The predicted octanol–water partition coefficient (Wildman–Crippen LogP) is 4.38. The molecule has 0 aliphatic carbocycles. The first-order valence-corrected chi connectivity index (χ1v) is 11.4. The highest BCUT2D eigenvalue weighted by Crippen LogP contribution is 2.34. The number of nitrogens with zero attached hydrogens (tertiary/aromatic N) is 2. The molecule has 3 rings (SSSR count). The lowest BCUT2D eigenvalue weighted by Crippen LogP contribution is -2.34. The van der Waals surface area contributed by atoms with Crippen molar-refractivity contribution in [3.8, 4) is 16.9 Å². The Bertz CT molecular complexity index is 1170. The van der Waals surface area contributed by atoms with Gasteiger partial charge in [0.1, 0.15) is 12.5 Å². The summed E-state index contributed by atoms with van der Waals surface area (Å²) < 4.78 is 73.6. The zero-order valence-electron chi connectivity index (χ0n) is 18.3. The van der Waals surface area contributed by atoms with Gasteiger partial charge in [-0.2, -0.15) is 8.78 Å². The van der Waals surface area contributed by atoms with Crippen LogP contribution in [0.25, 0.3) is 11.1 Å².